The minimum Gasteiger partial charge on any atom is -0.495 e. The number of methoxy groups -OCH3 is 2. The third-order valence-corrected chi connectivity index (χ3v) is 7.28. The molecule has 228 valence electrons. The number of anilines is 3. The summed E-state index contributed by atoms with van der Waals surface area (Å²) in [6.45, 7) is 5.63. The highest BCUT2D eigenvalue weighted by molar-refractivity contribution is 6.01. The van der Waals surface area contributed by atoms with Crippen LogP contribution in [0.3, 0.4) is 0 Å². The summed E-state index contributed by atoms with van der Waals surface area (Å²) in [5.74, 6) is 0.664. The van der Waals surface area contributed by atoms with Gasteiger partial charge in [0.05, 0.1) is 37.7 Å². The van der Waals surface area contributed by atoms with Crippen molar-refractivity contribution in [2.24, 2.45) is 0 Å². The highest BCUT2D eigenvalue weighted by Gasteiger charge is 2.20. The number of aryl methyl sites for hydroxylation is 1. The third kappa shape index (κ3) is 8.71. The largest absolute Gasteiger partial charge is 0.495 e. The summed E-state index contributed by atoms with van der Waals surface area (Å²) in [5.41, 5.74) is 4.23. The van der Waals surface area contributed by atoms with Gasteiger partial charge in [0, 0.05) is 25.2 Å². The number of esters is 1. The molecule has 1 unspecified atom stereocenters. The Morgan fingerprint density at radius 2 is 1.63 bits per heavy atom. The second kappa shape index (κ2) is 15.1. The molecule has 1 fully saturated rings. The maximum absolute atomic E-state index is 12.8. The first-order chi connectivity index (χ1) is 20.8. The molecule has 3 aromatic carbocycles. The summed E-state index contributed by atoms with van der Waals surface area (Å²) < 4.78 is 16.6. The van der Waals surface area contributed by atoms with Gasteiger partial charge in [-0.25, -0.2) is 9.59 Å². The second-order valence-corrected chi connectivity index (χ2v) is 10.5. The predicted octanol–water partition coefficient (Wildman–Crippen LogP) is 5.55. The lowest BCUT2D eigenvalue weighted by molar-refractivity contribution is -0.118. The number of Topliss-reactive ketones (excluding diaryl/α,β-unsaturated/α-hetero) is 1. The number of amides is 2. The standard InChI is InChI=1S/C33H40N4O6/c1-22-10-6-7-11-27(22)35-33(40)36-28-14-12-24(19-31(28)41-3)18-26(38)21-34-23(2)43-30-15-13-25(32(39)42-4)20-29(30)37-16-8-5-9-17-37/h6-7,10-15,19-20,23,34H,5,8-9,16-18,21H2,1-4H3,(H2,35,36,40). The first kappa shape index (κ1) is 31.4. The lowest BCUT2D eigenvalue weighted by Gasteiger charge is -2.31. The van der Waals surface area contributed by atoms with Crippen molar-refractivity contribution in [1.82, 2.24) is 5.32 Å². The topological polar surface area (TPSA) is 118 Å². The van der Waals surface area contributed by atoms with E-state index in [4.69, 9.17) is 14.2 Å². The van der Waals surface area contributed by atoms with Crippen molar-refractivity contribution < 1.29 is 28.6 Å². The number of piperidine rings is 1. The second-order valence-electron chi connectivity index (χ2n) is 10.5. The van der Waals surface area contributed by atoms with Gasteiger partial charge in [-0.15, -0.1) is 0 Å². The Balaban J connectivity index is 1.32. The van der Waals surface area contributed by atoms with Crippen LogP contribution in [0, 0.1) is 6.92 Å². The van der Waals surface area contributed by atoms with Gasteiger partial charge in [-0.3, -0.25) is 10.1 Å². The molecular weight excluding hydrogens is 548 g/mol. The van der Waals surface area contributed by atoms with Crippen molar-refractivity contribution in [2.45, 2.75) is 45.8 Å². The van der Waals surface area contributed by atoms with Crippen LogP contribution in [0.5, 0.6) is 11.5 Å². The van der Waals surface area contributed by atoms with Crippen LogP contribution in [-0.4, -0.2) is 57.9 Å². The molecule has 0 saturated carbocycles. The van der Waals surface area contributed by atoms with Gasteiger partial charge in [0.2, 0.25) is 0 Å². The molecule has 1 heterocycles. The van der Waals surface area contributed by atoms with E-state index in [0.29, 0.717) is 28.4 Å². The Labute approximate surface area is 252 Å². The number of carbonyl (C=O) groups is 3. The number of ether oxygens (including phenoxy) is 3. The van der Waals surface area contributed by atoms with Crippen LogP contribution in [0.1, 0.15) is 47.7 Å². The van der Waals surface area contributed by atoms with Gasteiger partial charge >= 0.3 is 12.0 Å². The van der Waals surface area contributed by atoms with Gasteiger partial charge in [0.15, 0.2) is 5.78 Å². The number of nitrogens with one attached hydrogen (secondary N) is 3. The summed E-state index contributed by atoms with van der Waals surface area (Å²) in [7, 11) is 2.88. The molecule has 1 aliphatic heterocycles. The minimum atomic E-state index is -0.454. The average molecular weight is 589 g/mol. The van der Waals surface area contributed by atoms with E-state index in [1.165, 1.54) is 20.6 Å². The molecule has 0 bridgehead atoms. The number of carbonyl (C=O) groups excluding carboxylic acids is 3. The quantitative estimate of drug-likeness (QED) is 0.186. The maximum Gasteiger partial charge on any atom is 0.337 e. The van der Waals surface area contributed by atoms with Crippen LogP contribution in [0.2, 0.25) is 0 Å². The van der Waals surface area contributed by atoms with Gasteiger partial charge in [0.25, 0.3) is 0 Å². The number of para-hydroxylation sites is 1. The van der Waals surface area contributed by atoms with E-state index in [1.807, 2.05) is 44.2 Å². The van der Waals surface area contributed by atoms with E-state index in [2.05, 4.69) is 20.9 Å². The number of rotatable bonds is 12. The lowest BCUT2D eigenvalue weighted by Crippen LogP contribution is -2.37. The predicted molar refractivity (Wildman–Crippen MR) is 167 cm³/mol. The zero-order valence-corrected chi connectivity index (χ0v) is 25.2. The van der Waals surface area contributed by atoms with E-state index in [1.54, 1.807) is 30.3 Å². The first-order valence-electron chi connectivity index (χ1n) is 14.5. The summed E-state index contributed by atoms with van der Waals surface area (Å²) >= 11 is 0. The summed E-state index contributed by atoms with van der Waals surface area (Å²) in [6, 6.07) is 17.6. The Morgan fingerprint density at radius 3 is 2.35 bits per heavy atom. The van der Waals surface area contributed by atoms with Crippen molar-refractivity contribution in [3.63, 3.8) is 0 Å². The fourth-order valence-electron chi connectivity index (χ4n) is 4.96. The van der Waals surface area contributed by atoms with Crippen LogP contribution in [-0.2, 0) is 16.0 Å². The zero-order valence-electron chi connectivity index (χ0n) is 25.2. The molecule has 0 aromatic heterocycles. The van der Waals surface area contributed by atoms with E-state index in [-0.39, 0.29) is 18.7 Å². The molecule has 10 heteroatoms. The van der Waals surface area contributed by atoms with Gasteiger partial charge < -0.3 is 29.7 Å². The highest BCUT2D eigenvalue weighted by atomic mass is 16.5. The molecule has 3 N–H and O–H groups in total. The number of hydrogen-bond donors (Lipinski definition) is 3. The van der Waals surface area contributed by atoms with E-state index in [0.717, 1.165) is 42.7 Å². The molecule has 1 atom stereocenters. The fraction of sp³-hybridized carbons (Fsp3) is 0.364. The molecule has 43 heavy (non-hydrogen) atoms. The molecule has 0 spiro atoms. The fourth-order valence-corrected chi connectivity index (χ4v) is 4.96. The molecule has 3 aromatic rings. The van der Waals surface area contributed by atoms with Crippen LogP contribution in [0.25, 0.3) is 0 Å². The Bertz CT molecular complexity index is 1440. The molecule has 0 radical (unpaired) electrons. The van der Waals surface area contributed by atoms with Crippen molar-refractivity contribution in [2.75, 3.05) is 49.4 Å². The molecule has 10 nitrogen and oxygen atoms in total. The van der Waals surface area contributed by atoms with Gasteiger partial charge in [-0.1, -0.05) is 24.3 Å². The minimum absolute atomic E-state index is 0.0344. The average Bonchev–Trinajstić information content (AvgIpc) is 3.02. The smallest absolute Gasteiger partial charge is 0.337 e. The van der Waals surface area contributed by atoms with Crippen molar-refractivity contribution in [3.05, 3.63) is 77.4 Å². The van der Waals surface area contributed by atoms with E-state index < -0.39 is 18.2 Å². The molecule has 1 aliphatic rings. The van der Waals surface area contributed by atoms with Crippen LogP contribution < -0.4 is 30.3 Å². The Kier molecular flexibility index (Phi) is 11.0. The van der Waals surface area contributed by atoms with Crippen molar-refractivity contribution >= 4 is 34.8 Å². The highest BCUT2D eigenvalue weighted by Crippen LogP contribution is 2.33. The normalized spacial score (nSPS) is 13.5. The zero-order chi connectivity index (χ0) is 30.8. The lowest BCUT2D eigenvalue weighted by atomic mass is 10.1. The van der Waals surface area contributed by atoms with Crippen LogP contribution in [0.15, 0.2) is 60.7 Å². The number of urea groups is 1. The Morgan fingerprint density at radius 1 is 0.884 bits per heavy atom. The van der Waals surface area contributed by atoms with Crippen LogP contribution >= 0.6 is 0 Å². The van der Waals surface area contributed by atoms with Crippen LogP contribution in [0.4, 0.5) is 21.9 Å². The molecule has 4 rings (SSSR count). The number of hydrogen-bond acceptors (Lipinski definition) is 8. The maximum atomic E-state index is 12.8. The molecule has 0 aliphatic carbocycles. The third-order valence-electron chi connectivity index (χ3n) is 7.28. The molecular formula is C33H40N4O6. The Hall–Kier alpha value is -4.57. The van der Waals surface area contributed by atoms with Crippen molar-refractivity contribution in [1.29, 1.82) is 0 Å². The number of ketones is 1. The molecule has 1 saturated heterocycles. The number of nitrogens with zero attached hydrogens (tertiary/aromatic N) is 1. The summed E-state index contributed by atoms with van der Waals surface area (Å²) in [5, 5.41) is 8.78. The SMILES string of the molecule is COC(=O)c1ccc(OC(C)NCC(=O)Cc2ccc(NC(=O)Nc3ccccc3C)c(OC)c2)c(N2CCCCC2)c1. The monoisotopic (exact) mass is 588 g/mol. The molecule has 2 amide bonds. The number of benzene rings is 3. The van der Waals surface area contributed by atoms with Gasteiger partial charge in [0.1, 0.15) is 17.7 Å². The van der Waals surface area contributed by atoms with Gasteiger partial charge in [-0.05, 0) is 80.6 Å². The summed E-state index contributed by atoms with van der Waals surface area (Å²) in [6.07, 6.45) is 3.06. The van der Waals surface area contributed by atoms with E-state index in [9.17, 15) is 14.4 Å². The van der Waals surface area contributed by atoms with E-state index >= 15 is 0 Å². The summed E-state index contributed by atoms with van der Waals surface area (Å²) in [4.78, 5) is 39.7. The first-order valence-corrected chi connectivity index (χ1v) is 14.5. The van der Waals surface area contributed by atoms with Gasteiger partial charge in [-0.2, -0.15) is 0 Å². The van der Waals surface area contributed by atoms with Crippen molar-refractivity contribution in [3.8, 4) is 11.5 Å².